The van der Waals surface area contributed by atoms with Gasteiger partial charge in [0.15, 0.2) is 0 Å². The minimum absolute atomic E-state index is 0.0599. The molecule has 0 nitrogen and oxygen atoms in total. The Morgan fingerprint density at radius 1 is 0.348 bits per heavy atom. The first-order chi connectivity index (χ1) is 22.1. The van der Waals surface area contributed by atoms with Crippen molar-refractivity contribution in [1.29, 1.82) is 0 Å². The Bertz CT molecular complexity index is 2260. The molecule has 0 atom stereocenters. The van der Waals surface area contributed by atoms with Crippen molar-refractivity contribution in [3.05, 3.63) is 143 Å². The molecule has 0 N–H and O–H groups in total. The molecule has 0 amide bonds. The Morgan fingerprint density at radius 3 is 1.09 bits per heavy atom. The maximum atomic E-state index is 2.48. The molecule has 0 aliphatic carbocycles. The van der Waals surface area contributed by atoms with E-state index in [9.17, 15) is 0 Å². The Hall–Kier alpha value is -4.94. The third kappa shape index (κ3) is 4.43. The van der Waals surface area contributed by atoms with Crippen molar-refractivity contribution in [3.63, 3.8) is 0 Å². The van der Waals surface area contributed by atoms with Gasteiger partial charge in [-0.05, 0) is 110 Å². The van der Waals surface area contributed by atoms with Gasteiger partial charge in [0, 0.05) is 0 Å². The molecule has 46 heavy (non-hydrogen) atoms. The van der Waals surface area contributed by atoms with Gasteiger partial charge in [0.1, 0.15) is 0 Å². The number of benzene rings is 8. The summed E-state index contributed by atoms with van der Waals surface area (Å²) in [5.74, 6) is 0. The molecule has 0 unspecified atom stereocenters. The van der Waals surface area contributed by atoms with Crippen molar-refractivity contribution >= 4 is 78.2 Å². The first-order valence-electron chi connectivity index (χ1n) is 16.5. The summed E-state index contributed by atoms with van der Waals surface area (Å²) >= 11 is 0. The third-order valence-corrected chi connectivity index (χ3v) is 9.73. The highest BCUT2D eigenvalue weighted by molar-refractivity contribution is 6.39. The average molecular weight is 593 g/mol. The summed E-state index contributed by atoms with van der Waals surface area (Å²) in [6.45, 7) is 14.3. The number of hydrogen-bond donors (Lipinski definition) is 0. The normalized spacial score (nSPS) is 13.3. The Balaban J connectivity index is 1.60. The van der Waals surface area contributed by atoms with Gasteiger partial charge in [-0.3, -0.25) is 0 Å². The summed E-state index contributed by atoms with van der Waals surface area (Å²) in [6.07, 6.45) is 9.18. The molecule has 0 saturated heterocycles. The van der Waals surface area contributed by atoms with E-state index in [4.69, 9.17) is 0 Å². The van der Waals surface area contributed by atoms with Crippen molar-refractivity contribution < 1.29 is 0 Å². The lowest BCUT2D eigenvalue weighted by molar-refractivity contribution is 0.600. The van der Waals surface area contributed by atoms with Gasteiger partial charge >= 0.3 is 0 Å². The molecule has 0 aliphatic heterocycles. The van der Waals surface area contributed by atoms with E-state index in [1.54, 1.807) is 0 Å². The van der Waals surface area contributed by atoms with Gasteiger partial charge < -0.3 is 0 Å². The van der Waals surface area contributed by atoms with Gasteiger partial charge in [0.25, 0.3) is 0 Å². The lowest BCUT2D eigenvalue weighted by atomic mass is 9.72. The van der Waals surface area contributed by atoms with Crippen LogP contribution in [0.1, 0.15) is 74.9 Å². The van der Waals surface area contributed by atoms with Crippen molar-refractivity contribution in [2.24, 2.45) is 0 Å². The van der Waals surface area contributed by atoms with Crippen LogP contribution in [0, 0.1) is 0 Å². The van der Waals surface area contributed by atoms with Crippen LogP contribution in [-0.4, -0.2) is 0 Å². The van der Waals surface area contributed by atoms with Gasteiger partial charge in [-0.15, -0.1) is 0 Å². The average Bonchev–Trinajstić information content (AvgIpc) is 3.03. The first kappa shape index (κ1) is 28.5. The predicted molar refractivity (Wildman–Crippen MR) is 204 cm³/mol. The molecule has 0 heteroatoms. The maximum Gasteiger partial charge on any atom is -0.00105 e. The highest BCUT2D eigenvalue weighted by Gasteiger charge is 2.30. The van der Waals surface area contributed by atoms with E-state index in [2.05, 4.69) is 175 Å². The van der Waals surface area contributed by atoms with E-state index in [1.807, 2.05) is 0 Å². The zero-order valence-electron chi connectivity index (χ0n) is 27.7. The van der Waals surface area contributed by atoms with Crippen LogP contribution >= 0.6 is 0 Å². The quantitative estimate of drug-likeness (QED) is 0.108. The molecule has 224 valence electrons. The highest BCUT2D eigenvalue weighted by Crippen LogP contribution is 2.52. The second-order valence-corrected chi connectivity index (χ2v) is 15.0. The molecule has 0 aliphatic rings. The standard InChI is InChI=1S/C46H40/c1-45(2,3)43-35-21-13-19-33-32(26-24-30-17-11-8-12-18-30)28-38-42(39(33)35)41-37(43)27-31(25-23-29-15-9-7-10-16-29)34-20-14-22-36(40(34)41)44(38)46(4,5)6/h7-28H,1-6H3. The maximum absolute atomic E-state index is 2.48. The summed E-state index contributed by atoms with van der Waals surface area (Å²) in [7, 11) is 0. The van der Waals surface area contributed by atoms with Gasteiger partial charge in [-0.1, -0.05) is 163 Å². The fourth-order valence-corrected chi connectivity index (χ4v) is 8.02. The molecule has 0 saturated carbocycles. The minimum Gasteiger partial charge on any atom is -0.0622 e. The van der Waals surface area contributed by atoms with E-state index in [0.29, 0.717) is 0 Å². The van der Waals surface area contributed by atoms with Crippen LogP contribution in [-0.2, 0) is 10.8 Å². The monoisotopic (exact) mass is 592 g/mol. The van der Waals surface area contributed by atoms with Crippen molar-refractivity contribution in [2.75, 3.05) is 0 Å². The molecule has 0 heterocycles. The summed E-state index contributed by atoms with van der Waals surface area (Å²) in [5.41, 5.74) is 7.72. The second-order valence-electron chi connectivity index (χ2n) is 15.0. The van der Waals surface area contributed by atoms with E-state index in [-0.39, 0.29) is 10.8 Å². The largest absolute Gasteiger partial charge is 0.0622 e. The van der Waals surface area contributed by atoms with Gasteiger partial charge in [-0.2, -0.15) is 0 Å². The lowest BCUT2D eigenvalue weighted by Gasteiger charge is -2.32. The second kappa shape index (κ2) is 10.3. The van der Waals surface area contributed by atoms with Gasteiger partial charge in [0.05, 0.1) is 0 Å². The van der Waals surface area contributed by atoms with Crippen LogP contribution in [0.25, 0.3) is 78.2 Å². The lowest BCUT2D eigenvalue weighted by Crippen LogP contribution is -2.16. The van der Waals surface area contributed by atoms with Crippen LogP contribution in [0.4, 0.5) is 0 Å². The highest BCUT2D eigenvalue weighted by atomic mass is 14.3. The summed E-state index contributed by atoms with van der Waals surface area (Å²) < 4.78 is 0. The smallest absolute Gasteiger partial charge is 0.00105 e. The number of rotatable bonds is 4. The van der Waals surface area contributed by atoms with Crippen LogP contribution in [0.5, 0.6) is 0 Å². The predicted octanol–water partition coefficient (Wildman–Crippen LogP) is 13.3. The zero-order chi connectivity index (χ0) is 31.8. The van der Waals surface area contributed by atoms with Crippen molar-refractivity contribution in [3.8, 4) is 0 Å². The molecule has 0 bridgehead atoms. The molecular formula is C46H40. The first-order valence-corrected chi connectivity index (χ1v) is 16.5. The van der Waals surface area contributed by atoms with Gasteiger partial charge in [0.2, 0.25) is 0 Å². The van der Waals surface area contributed by atoms with Crippen LogP contribution < -0.4 is 0 Å². The van der Waals surface area contributed by atoms with Crippen LogP contribution in [0.3, 0.4) is 0 Å². The van der Waals surface area contributed by atoms with Crippen molar-refractivity contribution in [1.82, 2.24) is 0 Å². The molecule has 8 aromatic carbocycles. The molecule has 0 radical (unpaired) electrons. The van der Waals surface area contributed by atoms with Gasteiger partial charge in [-0.25, -0.2) is 0 Å². The van der Waals surface area contributed by atoms with Crippen molar-refractivity contribution in [2.45, 2.75) is 52.4 Å². The van der Waals surface area contributed by atoms with Crippen LogP contribution in [0.15, 0.2) is 109 Å². The minimum atomic E-state index is -0.0599. The summed E-state index contributed by atoms with van der Waals surface area (Å²) in [5, 5.41) is 13.8. The third-order valence-electron chi connectivity index (χ3n) is 9.73. The van der Waals surface area contributed by atoms with E-state index >= 15 is 0 Å². The molecule has 0 fully saturated rings. The fraction of sp³-hybridized carbons (Fsp3) is 0.174. The molecule has 8 aromatic rings. The fourth-order valence-electron chi connectivity index (χ4n) is 8.02. The van der Waals surface area contributed by atoms with E-state index < -0.39 is 0 Å². The Kier molecular flexibility index (Phi) is 6.38. The van der Waals surface area contributed by atoms with Crippen LogP contribution in [0.2, 0.25) is 0 Å². The summed E-state index contributed by atoms with van der Waals surface area (Å²) in [4.78, 5) is 0. The number of hydrogen-bond acceptors (Lipinski definition) is 0. The van der Waals surface area contributed by atoms with E-state index in [1.165, 1.54) is 87.2 Å². The topological polar surface area (TPSA) is 0 Å². The van der Waals surface area contributed by atoms with E-state index in [0.717, 1.165) is 0 Å². The molecular weight excluding hydrogens is 553 g/mol. The molecule has 8 rings (SSSR count). The Labute approximate surface area is 272 Å². The zero-order valence-corrected chi connectivity index (χ0v) is 27.7. The molecule has 0 aromatic heterocycles. The summed E-state index contributed by atoms with van der Waals surface area (Å²) in [6, 6.07) is 40.2. The Morgan fingerprint density at radius 2 is 0.717 bits per heavy atom. The molecule has 0 spiro atoms. The SMILES string of the molecule is CC(C)(C)c1c2cccc3c(C=Cc4ccccc4)cc4c(C(C)(C)C)c5cccc6c(C=Cc7ccccc7)cc1c(c65)c4c32.